The van der Waals surface area contributed by atoms with Crippen LogP contribution in [0.5, 0.6) is 11.5 Å². The lowest BCUT2D eigenvalue weighted by Gasteiger charge is -2.33. The highest BCUT2D eigenvalue weighted by atomic mass is 16.5. The van der Waals surface area contributed by atoms with Gasteiger partial charge in [0.1, 0.15) is 22.8 Å². The fourth-order valence-corrected chi connectivity index (χ4v) is 2.56. The Morgan fingerprint density at radius 3 is 2.40 bits per heavy atom. The maximum atomic E-state index is 12.1. The van der Waals surface area contributed by atoms with Crippen molar-refractivity contribution in [2.75, 3.05) is 7.11 Å². The molecule has 0 fully saturated rings. The average Bonchev–Trinajstić information content (AvgIpc) is 2.32. The van der Waals surface area contributed by atoms with Gasteiger partial charge in [-0.05, 0) is 32.4 Å². The van der Waals surface area contributed by atoms with Gasteiger partial charge in [0.25, 0.3) is 0 Å². The number of rotatable bonds is 2. The van der Waals surface area contributed by atoms with Gasteiger partial charge in [0.15, 0.2) is 11.6 Å². The van der Waals surface area contributed by atoms with E-state index < -0.39 is 22.7 Å². The number of ketones is 2. The van der Waals surface area contributed by atoms with Crippen LogP contribution in [0.2, 0.25) is 0 Å². The van der Waals surface area contributed by atoms with Crippen LogP contribution in [-0.4, -0.2) is 28.9 Å². The predicted octanol–water partition coefficient (Wildman–Crippen LogP) is 2.30. The molecule has 0 saturated carbocycles. The fraction of sp³-hybridized carbons (Fsp3) is 0.333. The summed E-state index contributed by atoms with van der Waals surface area (Å²) in [6.45, 7) is 4.83. The van der Waals surface area contributed by atoms with Crippen LogP contribution in [-0.2, 0) is 10.2 Å². The van der Waals surface area contributed by atoms with Gasteiger partial charge in [0.05, 0.1) is 12.7 Å². The van der Waals surface area contributed by atoms with E-state index in [2.05, 4.69) is 0 Å². The molecule has 0 radical (unpaired) electrons. The van der Waals surface area contributed by atoms with Gasteiger partial charge in [0, 0.05) is 11.5 Å². The van der Waals surface area contributed by atoms with Gasteiger partial charge in [-0.15, -0.1) is 0 Å². The molecular formula is C15H16O5. The number of hydrogen-bond acceptors (Lipinski definition) is 5. The monoisotopic (exact) mass is 276 g/mol. The molecule has 1 aliphatic carbocycles. The third-order valence-electron chi connectivity index (χ3n) is 3.65. The summed E-state index contributed by atoms with van der Waals surface area (Å²) in [6, 6.07) is 1.34. The van der Waals surface area contributed by atoms with Crippen molar-refractivity contribution in [2.24, 2.45) is 0 Å². The van der Waals surface area contributed by atoms with Crippen LogP contribution in [0.25, 0.3) is 0 Å². The Bertz CT molecular complexity index is 653. The quantitative estimate of drug-likeness (QED) is 0.810. The van der Waals surface area contributed by atoms with E-state index in [1.54, 1.807) is 13.8 Å². The van der Waals surface area contributed by atoms with Crippen LogP contribution < -0.4 is 0 Å². The molecule has 106 valence electrons. The zero-order chi connectivity index (χ0) is 15.2. The molecule has 0 saturated heterocycles. The van der Waals surface area contributed by atoms with Crippen molar-refractivity contribution >= 4 is 11.6 Å². The lowest BCUT2D eigenvalue weighted by molar-refractivity contribution is 0.101. The second-order valence-electron chi connectivity index (χ2n) is 5.30. The molecule has 2 N–H and O–H groups in total. The zero-order valence-electron chi connectivity index (χ0n) is 11.8. The molecule has 0 unspecified atom stereocenters. The van der Waals surface area contributed by atoms with Gasteiger partial charge in [-0.2, -0.15) is 0 Å². The lowest BCUT2D eigenvalue weighted by atomic mass is 9.74. The van der Waals surface area contributed by atoms with Crippen molar-refractivity contribution in [3.8, 4) is 11.5 Å². The Morgan fingerprint density at radius 1 is 1.30 bits per heavy atom. The summed E-state index contributed by atoms with van der Waals surface area (Å²) in [5, 5.41) is 20.1. The molecule has 1 aromatic carbocycles. The molecule has 0 atom stereocenters. The minimum Gasteiger partial charge on any atom is -0.507 e. The Labute approximate surface area is 116 Å². The van der Waals surface area contributed by atoms with Crippen LogP contribution in [0.3, 0.4) is 0 Å². The number of fused-ring (bicyclic) bond motifs is 1. The number of Topliss-reactive ketones (excluding diaryl/α,β-unsaturated/α-hetero) is 1. The molecule has 5 heteroatoms. The summed E-state index contributed by atoms with van der Waals surface area (Å²) in [7, 11) is 1.45. The van der Waals surface area contributed by atoms with Gasteiger partial charge in [-0.25, -0.2) is 0 Å². The van der Waals surface area contributed by atoms with E-state index in [4.69, 9.17) is 4.74 Å². The maximum Gasteiger partial charge on any atom is 0.193 e. The third-order valence-corrected chi connectivity index (χ3v) is 3.65. The van der Waals surface area contributed by atoms with Crippen LogP contribution in [0.4, 0.5) is 0 Å². The summed E-state index contributed by atoms with van der Waals surface area (Å²) in [5.41, 5.74) is -0.453. The first-order chi connectivity index (χ1) is 9.21. The normalized spacial score (nSPS) is 16.4. The molecule has 0 bridgehead atoms. The second kappa shape index (κ2) is 4.37. The second-order valence-corrected chi connectivity index (χ2v) is 5.30. The van der Waals surface area contributed by atoms with Gasteiger partial charge >= 0.3 is 0 Å². The van der Waals surface area contributed by atoms with E-state index in [-0.39, 0.29) is 16.9 Å². The van der Waals surface area contributed by atoms with E-state index in [1.807, 2.05) is 0 Å². The average molecular weight is 276 g/mol. The van der Waals surface area contributed by atoms with Crippen molar-refractivity contribution in [1.82, 2.24) is 0 Å². The smallest absolute Gasteiger partial charge is 0.193 e. The van der Waals surface area contributed by atoms with Crippen molar-refractivity contribution < 1.29 is 24.5 Å². The Hall–Kier alpha value is -2.30. The largest absolute Gasteiger partial charge is 0.507 e. The van der Waals surface area contributed by atoms with Crippen LogP contribution in [0, 0.1) is 0 Å². The zero-order valence-corrected chi connectivity index (χ0v) is 11.8. The first-order valence-electron chi connectivity index (χ1n) is 6.12. The molecule has 1 aliphatic rings. The van der Waals surface area contributed by atoms with E-state index in [1.165, 1.54) is 26.2 Å². The van der Waals surface area contributed by atoms with Crippen molar-refractivity contribution in [2.45, 2.75) is 26.2 Å². The highest BCUT2D eigenvalue weighted by molar-refractivity contribution is 6.13. The Balaban J connectivity index is 2.84. The molecule has 0 spiro atoms. The number of hydrogen-bond donors (Lipinski definition) is 2. The maximum absolute atomic E-state index is 12.1. The summed E-state index contributed by atoms with van der Waals surface area (Å²) >= 11 is 0. The third kappa shape index (κ3) is 1.78. The molecular weight excluding hydrogens is 260 g/mol. The highest BCUT2D eigenvalue weighted by Crippen LogP contribution is 2.45. The lowest BCUT2D eigenvalue weighted by Crippen LogP contribution is -2.29. The Kier molecular flexibility index (Phi) is 3.08. The molecule has 0 aliphatic heterocycles. The molecule has 0 heterocycles. The number of carbonyl (C=O) groups is 2. The molecule has 1 aromatic rings. The number of phenolic OH excluding ortho intramolecular Hbond substituents is 2. The van der Waals surface area contributed by atoms with E-state index in [0.717, 1.165) is 0 Å². The number of ether oxygens (including phenoxy) is 1. The number of carbonyl (C=O) groups excluding carboxylic acids is 2. The van der Waals surface area contributed by atoms with E-state index in [9.17, 15) is 19.8 Å². The first kappa shape index (κ1) is 14.1. The molecule has 2 rings (SSSR count). The molecule has 0 amide bonds. The van der Waals surface area contributed by atoms with Crippen molar-refractivity contribution in [3.05, 3.63) is 34.6 Å². The summed E-state index contributed by atoms with van der Waals surface area (Å²) in [5.74, 6) is -1.33. The Morgan fingerprint density at radius 2 is 1.90 bits per heavy atom. The summed E-state index contributed by atoms with van der Waals surface area (Å²) in [4.78, 5) is 23.6. The van der Waals surface area contributed by atoms with E-state index >= 15 is 0 Å². The number of methoxy groups -OCH3 is 1. The van der Waals surface area contributed by atoms with Crippen molar-refractivity contribution in [1.29, 1.82) is 0 Å². The summed E-state index contributed by atoms with van der Waals surface area (Å²) < 4.78 is 5.20. The van der Waals surface area contributed by atoms with Crippen LogP contribution in [0.15, 0.2) is 17.9 Å². The number of allylic oxidation sites excluding steroid dienone is 2. The SMILES string of the molecule is COC1=CC(=O)c2c(cc(O)c(C(C)=O)c2O)C1(C)C. The minimum absolute atomic E-state index is 0.0406. The highest BCUT2D eigenvalue weighted by Gasteiger charge is 2.39. The predicted molar refractivity (Wildman–Crippen MR) is 72.2 cm³/mol. The van der Waals surface area contributed by atoms with Crippen molar-refractivity contribution in [3.63, 3.8) is 0 Å². The standard InChI is InChI=1S/C15H16O5/c1-7(16)12-9(17)5-8-13(14(12)19)10(18)6-11(20-4)15(8,2)3/h5-6,17,19H,1-4H3. The molecule has 5 nitrogen and oxygen atoms in total. The minimum atomic E-state index is -0.692. The topological polar surface area (TPSA) is 83.8 Å². The number of phenols is 2. The van der Waals surface area contributed by atoms with Gasteiger partial charge in [-0.1, -0.05) is 0 Å². The van der Waals surface area contributed by atoms with Gasteiger partial charge < -0.3 is 14.9 Å². The molecule has 20 heavy (non-hydrogen) atoms. The van der Waals surface area contributed by atoms with Gasteiger partial charge in [0.2, 0.25) is 0 Å². The summed E-state index contributed by atoms with van der Waals surface area (Å²) in [6.07, 6.45) is 1.29. The number of aromatic hydroxyl groups is 2. The van der Waals surface area contributed by atoms with Gasteiger partial charge in [-0.3, -0.25) is 9.59 Å². The van der Waals surface area contributed by atoms with Crippen LogP contribution in [0.1, 0.15) is 47.1 Å². The first-order valence-corrected chi connectivity index (χ1v) is 6.12. The molecule has 0 aromatic heterocycles. The van der Waals surface area contributed by atoms with Crippen LogP contribution >= 0.6 is 0 Å². The fourth-order valence-electron chi connectivity index (χ4n) is 2.56. The van der Waals surface area contributed by atoms with E-state index in [0.29, 0.717) is 11.3 Å². The number of benzene rings is 1.